The average molecular weight is 499 g/mol. The summed E-state index contributed by atoms with van der Waals surface area (Å²) in [4.78, 5) is 17.2. The molecule has 0 radical (unpaired) electrons. The minimum absolute atomic E-state index is 0.0319. The predicted molar refractivity (Wildman–Crippen MR) is 145 cm³/mol. The zero-order chi connectivity index (χ0) is 25.4. The number of amides is 1. The number of aliphatic hydroxyl groups is 1. The Balaban J connectivity index is 1.16. The molecule has 1 N–H and O–H groups in total. The third-order valence-electron chi connectivity index (χ3n) is 8.18. The van der Waals surface area contributed by atoms with Crippen LogP contribution in [0.1, 0.15) is 53.8 Å². The maximum absolute atomic E-state index is 12.9. The third-order valence-corrected chi connectivity index (χ3v) is 8.18. The minimum atomic E-state index is -0.888. The Kier molecular flexibility index (Phi) is 6.39. The van der Waals surface area contributed by atoms with Gasteiger partial charge in [-0.05, 0) is 72.9 Å². The van der Waals surface area contributed by atoms with Gasteiger partial charge in [0.25, 0.3) is 5.91 Å². The number of furan rings is 1. The van der Waals surface area contributed by atoms with E-state index in [0.717, 1.165) is 67.7 Å². The lowest BCUT2D eigenvalue weighted by Crippen LogP contribution is -2.42. The largest absolute Gasteiger partial charge is 0.496 e. The molecular formula is C31H34N2O4. The van der Waals surface area contributed by atoms with Gasteiger partial charge in [0, 0.05) is 43.5 Å². The van der Waals surface area contributed by atoms with E-state index in [1.54, 1.807) is 7.11 Å². The van der Waals surface area contributed by atoms with Crippen molar-refractivity contribution in [2.45, 2.75) is 44.2 Å². The van der Waals surface area contributed by atoms with Crippen LogP contribution in [0.15, 0.2) is 65.1 Å². The van der Waals surface area contributed by atoms with Gasteiger partial charge in [-0.2, -0.15) is 0 Å². The molecule has 3 aromatic carbocycles. The first-order valence-electron chi connectivity index (χ1n) is 13.4. The zero-order valence-electron chi connectivity index (χ0n) is 21.4. The highest BCUT2D eigenvalue weighted by Gasteiger charge is 2.34. The molecule has 2 aliphatic rings. The van der Waals surface area contributed by atoms with E-state index in [2.05, 4.69) is 29.2 Å². The molecule has 3 heterocycles. The summed E-state index contributed by atoms with van der Waals surface area (Å²) in [6.45, 7) is 4.04. The fourth-order valence-electron chi connectivity index (χ4n) is 5.95. The van der Waals surface area contributed by atoms with Gasteiger partial charge in [-0.25, -0.2) is 0 Å². The molecule has 6 heteroatoms. The third kappa shape index (κ3) is 4.60. The Hall–Kier alpha value is -3.35. The van der Waals surface area contributed by atoms with Crippen molar-refractivity contribution in [2.24, 2.45) is 0 Å². The molecule has 6 rings (SSSR count). The number of hydrogen-bond donors (Lipinski definition) is 1. The van der Waals surface area contributed by atoms with Gasteiger partial charge >= 0.3 is 0 Å². The fourth-order valence-corrected chi connectivity index (χ4v) is 5.95. The van der Waals surface area contributed by atoms with Gasteiger partial charge in [0.05, 0.1) is 12.7 Å². The van der Waals surface area contributed by atoms with E-state index in [4.69, 9.17) is 9.15 Å². The van der Waals surface area contributed by atoms with Crippen molar-refractivity contribution in [2.75, 3.05) is 33.3 Å². The summed E-state index contributed by atoms with van der Waals surface area (Å²) in [6.07, 6.45) is 4.59. The van der Waals surface area contributed by atoms with Gasteiger partial charge in [-0.3, -0.25) is 9.69 Å². The first-order valence-corrected chi connectivity index (χ1v) is 13.4. The lowest BCUT2D eigenvalue weighted by Gasteiger charge is -2.38. The monoisotopic (exact) mass is 498 g/mol. The standard InChI is InChI=1S/C31H34N2O4/c1-36-28-11-9-22(25-7-3-4-8-26(25)28)21-32-17-13-31(35,14-18-32)24-10-12-27-23(19-24)20-29(37-27)30(34)33-15-5-2-6-16-33/h3-4,7-12,19-20,35H,2,5-6,13-18,21H2,1H3. The summed E-state index contributed by atoms with van der Waals surface area (Å²) in [6, 6.07) is 20.2. The molecule has 0 atom stereocenters. The molecule has 0 aliphatic carbocycles. The van der Waals surface area contributed by atoms with E-state index in [9.17, 15) is 9.90 Å². The number of carbonyl (C=O) groups is 1. The molecule has 4 aromatic rings. The quantitative estimate of drug-likeness (QED) is 0.382. The Labute approximate surface area is 217 Å². The van der Waals surface area contributed by atoms with Crippen LogP contribution < -0.4 is 4.74 Å². The number of piperidine rings is 2. The van der Waals surface area contributed by atoms with Crippen molar-refractivity contribution >= 4 is 27.6 Å². The molecule has 2 saturated heterocycles. The van der Waals surface area contributed by atoms with Gasteiger partial charge in [0.15, 0.2) is 5.76 Å². The summed E-state index contributed by atoms with van der Waals surface area (Å²) in [5.41, 5.74) is 1.97. The number of ether oxygens (including phenoxy) is 1. The lowest BCUT2D eigenvalue weighted by atomic mass is 9.84. The first kappa shape index (κ1) is 24.0. The Bertz CT molecular complexity index is 1430. The van der Waals surface area contributed by atoms with Crippen LogP contribution in [-0.2, 0) is 12.1 Å². The lowest BCUT2D eigenvalue weighted by molar-refractivity contribution is -0.0275. The van der Waals surface area contributed by atoms with Crippen molar-refractivity contribution in [3.8, 4) is 5.75 Å². The second-order valence-electron chi connectivity index (χ2n) is 10.5. The number of fused-ring (bicyclic) bond motifs is 2. The Morgan fingerprint density at radius 1 is 0.946 bits per heavy atom. The number of rotatable bonds is 5. The van der Waals surface area contributed by atoms with Crippen LogP contribution in [0.4, 0.5) is 0 Å². The number of likely N-dealkylation sites (tertiary alicyclic amines) is 2. The van der Waals surface area contributed by atoms with E-state index in [0.29, 0.717) is 24.2 Å². The maximum atomic E-state index is 12.9. The zero-order valence-corrected chi connectivity index (χ0v) is 21.4. The van der Waals surface area contributed by atoms with E-state index >= 15 is 0 Å². The van der Waals surface area contributed by atoms with Crippen LogP contribution >= 0.6 is 0 Å². The van der Waals surface area contributed by atoms with Gasteiger partial charge in [-0.1, -0.05) is 36.4 Å². The highest BCUT2D eigenvalue weighted by Crippen LogP contribution is 2.36. The number of carbonyl (C=O) groups excluding carboxylic acids is 1. The summed E-state index contributed by atoms with van der Waals surface area (Å²) in [5, 5.41) is 14.8. The van der Waals surface area contributed by atoms with Crippen LogP contribution in [-0.4, -0.2) is 54.1 Å². The molecular weight excluding hydrogens is 464 g/mol. The normalized spacial score (nSPS) is 18.4. The summed E-state index contributed by atoms with van der Waals surface area (Å²) in [5.74, 6) is 1.25. The number of benzene rings is 3. The second kappa shape index (κ2) is 9.84. The average Bonchev–Trinajstić information content (AvgIpc) is 3.38. The Morgan fingerprint density at radius 2 is 1.70 bits per heavy atom. The molecule has 2 fully saturated rings. The van der Waals surface area contributed by atoms with E-state index in [-0.39, 0.29) is 5.91 Å². The van der Waals surface area contributed by atoms with Gasteiger partial charge in [0.1, 0.15) is 11.3 Å². The molecule has 0 saturated carbocycles. The van der Waals surface area contributed by atoms with Crippen LogP contribution in [0.2, 0.25) is 0 Å². The fraction of sp³-hybridized carbons (Fsp3) is 0.387. The minimum Gasteiger partial charge on any atom is -0.496 e. The van der Waals surface area contributed by atoms with E-state index in [1.807, 2.05) is 41.3 Å². The van der Waals surface area contributed by atoms with Crippen molar-refractivity contribution in [1.82, 2.24) is 9.80 Å². The van der Waals surface area contributed by atoms with Crippen LogP contribution in [0.5, 0.6) is 5.75 Å². The van der Waals surface area contributed by atoms with Crippen molar-refractivity contribution < 1.29 is 19.1 Å². The molecule has 1 aromatic heterocycles. The molecule has 0 bridgehead atoms. The molecule has 0 unspecified atom stereocenters. The predicted octanol–water partition coefficient (Wildman–Crippen LogP) is 5.70. The smallest absolute Gasteiger partial charge is 0.289 e. The van der Waals surface area contributed by atoms with Crippen LogP contribution in [0.3, 0.4) is 0 Å². The molecule has 37 heavy (non-hydrogen) atoms. The van der Waals surface area contributed by atoms with Gasteiger partial charge in [0.2, 0.25) is 0 Å². The number of methoxy groups -OCH3 is 1. The van der Waals surface area contributed by atoms with Crippen molar-refractivity contribution in [3.05, 3.63) is 77.6 Å². The summed E-state index contributed by atoms with van der Waals surface area (Å²) < 4.78 is 11.5. The summed E-state index contributed by atoms with van der Waals surface area (Å²) >= 11 is 0. The topological polar surface area (TPSA) is 66.2 Å². The van der Waals surface area contributed by atoms with Gasteiger partial charge in [-0.15, -0.1) is 0 Å². The van der Waals surface area contributed by atoms with E-state index in [1.165, 1.54) is 17.4 Å². The molecule has 6 nitrogen and oxygen atoms in total. The highest BCUT2D eigenvalue weighted by molar-refractivity contribution is 5.96. The summed E-state index contributed by atoms with van der Waals surface area (Å²) in [7, 11) is 1.71. The SMILES string of the molecule is COc1ccc(CN2CCC(O)(c3ccc4oc(C(=O)N5CCCCC5)cc4c3)CC2)c2ccccc12. The number of hydrogen-bond acceptors (Lipinski definition) is 5. The van der Waals surface area contributed by atoms with Crippen LogP contribution in [0.25, 0.3) is 21.7 Å². The molecule has 192 valence electrons. The van der Waals surface area contributed by atoms with Gasteiger partial charge < -0.3 is 19.2 Å². The Morgan fingerprint density at radius 3 is 2.46 bits per heavy atom. The molecule has 2 aliphatic heterocycles. The van der Waals surface area contributed by atoms with Crippen LogP contribution in [0, 0.1) is 0 Å². The molecule has 1 amide bonds. The first-order chi connectivity index (χ1) is 18.0. The molecule has 0 spiro atoms. The van der Waals surface area contributed by atoms with E-state index < -0.39 is 5.60 Å². The number of nitrogens with zero attached hydrogens (tertiary/aromatic N) is 2. The second-order valence-corrected chi connectivity index (χ2v) is 10.5. The van der Waals surface area contributed by atoms with Crippen molar-refractivity contribution in [1.29, 1.82) is 0 Å². The maximum Gasteiger partial charge on any atom is 0.289 e. The highest BCUT2D eigenvalue weighted by atomic mass is 16.5. The van der Waals surface area contributed by atoms with Crippen molar-refractivity contribution in [3.63, 3.8) is 0 Å².